The molecule has 4 nitrogen and oxygen atoms in total. The molecule has 0 saturated carbocycles. The number of methoxy groups -OCH3 is 2. The van der Waals surface area contributed by atoms with Crippen molar-refractivity contribution in [2.45, 2.75) is 83.7 Å². The van der Waals surface area contributed by atoms with Crippen LogP contribution in [0, 0.1) is 0 Å². The summed E-state index contributed by atoms with van der Waals surface area (Å²) in [6.45, 7) is 6.30. The summed E-state index contributed by atoms with van der Waals surface area (Å²) in [6.07, 6.45) is 8.38. The predicted octanol–water partition coefficient (Wildman–Crippen LogP) is 5.13. The van der Waals surface area contributed by atoms with Crippen molar-refractivity contribution in [3.05, 3.63) is 23.8 Å². The quantitative estimate of drug-likeness (QED) is 0.579. The molecule has 0 unspecified atom stereocenters. The van der Waals surface area contributed by atoms with Crippen LogP contribution in [0.4, 0.5) is 0 Å². The second-order valence-corrected chi connectivity index (χ2v) is 7.34. The van der Waals surface area contributed by atoms with Crippen molar-refractivity contribution < 1.29 is 18.9 Å². The fourth-order valence-electron chi connectivity index (χ4n) is 3.56. The lowest BCUT2D eigenvalue weighted by Crippen LogP contribution is -2.44. The molecule has 1 fully saturated rings. The standard InChI is InChI=1S/C21H34O4/c1-6-7-8-9-17-15-18(25-21(2,3)24-17)12-10-16-11-13-19(22-4)20(14-16)23-5/h11,13-14,17-18H,6-10,12,15H2,1-5H3/t17-,18-/m1/s1. The molecule has 1 aliphatic heterocycles. The van der Waals surface area contributed by atoms with E-state index in [0.717, 1.165) is 37.2 Å². The Kier molecular flexibility index (Phi) is 7.57. The summed E-state index contributed by atoms with van der Waals surface area (Å²) >= 11 is 0. The summed E-state index contributed by atoms with van der Waals surface area (Å²) in [6, 6.07) is 6.13. The predicted molar refractivity (Wildman–Crippen MR) is 100 cm³/mol. The molecule has 0 aromatic heterocycles. The molecule has 1 saturated heterocycles. The van der Waals surface area contributed by atoms with Gasteiger partial charge in [-0.2, -0.15) is 0 Å². The molecule has 2 atom stereocenters. The van der Waals surface area contributed by atoms with E-state index in [2.05, 4.69) is 19.1 Å². The summed E-state index contributed by atoms with van der Waals surface area (Å²) < 4.78 is 23.0. The van der Waals surface area contributed by atoms with E-state index < -0.39 is 5.79 Å². The van der Waals surface area contributed by atoms with E-state index in [9.17, 15) is 0 Å². The van der Waals surface area contributed by atoms with Crippen molar-refractivity contribution in [2.24, 2.45) is 0 Å². The molecule has 142 valence electrons. The van der Waals surface area contributed by atoms with Crippen LogP contribution in [0.5, 0.6) is 11.5 Å². The topological polar surface area (TPSA) is 36.9 Å². The fraction of sp³-hybridized carbons (Fsp3) is 0.714. The van der Waals surface area contributed by atoms with Crippen molar-refractivity contribution in [1.29, 1.82) is 0 Å². The molecule has 1 aromatic rings. The van der Waals surface area contributed by atoms with Gasteiger partial charge in [0.15, 0.2) is 17.3 Å². The molecule has 0 bridgehead atoms. The average molecular weight is 350 g/mol. The highest BCUT2D eigenvalue weighted by Crippen LogP contribution is 2.32. The summed E-state index contributed by atoms with van der Waals surface area (Å²) in [4.78, 5) is 0. The maximum absolute atomic E-state index is 6.16. The van der Waals surface area contributed by atoms with Crippen LogP contribution in [0.15, 0.2) is 18.2 Å². The molecule has 0 N–H and O–H groups in total. The zero-order valence-electron chi connectivity index (χ0n) is 16.5. The average Bonchev–Trinajstić information content (AvgIpc) is 2.58. The molecule has 1 aliphatic rings. The SMILES string of the molecule is CCCCC[C@@H]1C[C@@H](CCc2ccc(OC)c(OC)c2)OC(C)(C)O1. The molecular weight excluding hydrogens is 316 g/mol. The van der Waals surface area contributed by atoms with Crippen LogP contribution in [0.1, 0.15) is 64.9 Å². The van der Waals surface area contributed by atoms with E-state index in [1.165, 1.54) is 24.8 Å². The van der Waals surface area contributed by atoms with Gasteiger partial charge < -0.3 is 18.9 Å². The zero-order chi connectivity index (χ0) is 18.3. The molecule has 2 rings (SSSR count). The number of unbranched alkanes of at least 4 members (excludes halogenated alkanes) is 2. The third-order valence-electron chi connectivity index (χ3n) is 4.76. The first kappa shape index (κ1) is 20.1. The van der Waals surface area contributed by atoms with E-state index in [-0.39, 0.29) is 6.10 Å². The molecule has 1 heterocycles. The number of benzene rings is 1. The highest BCUT2D eigenvalue weighted by atomic mass is 16.7. The lowest BCUT2D eigenvalue weighted by molar-refractivity contribution is -0.301. The van der Waals surface area contributed by atoms with Crippen molar-refractivity contribution >= 4 is 0 Å². The maximum Gasteiger partial charge on any atom is 0.163 e. The minimum Gasteiger partial charge on any atom is -0.493 e. The Morgan fingerprint density at radius 1 is 1.00 bits per heavy atom. The lowest BCUT2D eigenvalue weighted by atomic mass is 9.97. The second-order valence-electron chi connectivity index (χ2n) is 7.34. The Morgan fingerprint density at radius 2 is 1.68 bits per heavy atom. The van der Waals surface area contributed by atoms with Crippen LogP contribution in [0.25, 0.3) is 0 Å². The van der Waals surface area contributed by atoms with Crippen LogP contribution in [0.3, 0.4) is 0 Å². The first-order valence-corrected chi connectivity index (χ1v) is 9.54. The fourth-order valence-corrected chi connectivity index (χ4v) is 3.56. The lowest BCUT2D eigenvalue weighted by Gasteiger charge is -2.41. The molecular formula is C21H34O4. The van der Waals surface area contributed by atoms with Gasteiger partial charge >= 0.3 is 0 Å². The van der Waals surface area contributed by atoms with Gasteiger partial charge in [-0.15, -0.1) is 0 Å². The maximum atomic E-state index is 6.16. The van der Waals surface area contributed by atoms with Gasteiger partial charge in [0.05, 0.1) is 26.4 Å². The Balaban J connectivity index is 1.92. The molecule has 0 aliphatic carbocycles. The largest absolute Gasteiger partial charge is 0.493 e. The molecule has 25 heavy (non-hydrogen) atoms. The van der Waals surface area contributed by atoms with Crippen molar-refractivity contribution in [2.75, 3.05) is 14.2 Å². The van der Waals surface area contributed by atoms with Crippen molar-refractivity contribution in [1.82, 2.24) is 0 Å². The van der Waals surface area contributed by atoms with Gasteiger partial charge in [-0.25, -0.2) is 0 Å². The van der Waals surface area contributed by atoms with Crippen LogP contribution < -0.4 is 9.47 Å². The van der Waals surface area contributed by atoms with Crippen LogP contribution in [-0.4, -0.2) is 32.2 Å². The highest BCUT2D eigenvalue weighted by Gasteiger charge is 2.34. The second kappa shape index (κ2) is 9.44. The van der Waals surface area contributed by atoms with E-state index in [4.69, 9.17) is 18.9 Å². The zero-order valence-corrected chi connectivity index (χ0v) is 16.5. The van der Waals surface area contributed by atoms with E-state index >= 15 is 0 Å². The van der Waals surface area contributed by atoms with Crippen LogP contribution >= 0.6 is 0 Å². The third-order valence-corrected chi connectivity index (χ3v) is 4.76. The third kappa shape index (κ3) is 6.19. The Bertz CT molecular complexity index is 527. The summed E-state index contributed by atoms with van der Waals surface area (Å²) in [5.41, 5.74) is 1.24. The number of hydrogen-bond acceptors (Lipinski definition) is 4. The van der Waals surface area contributed by atoms with Gasteiger partial charge in [-0.05, 0) is 50.8 Å². The van der Waals surface area contributed by atoms with E-state index in [1.54, 1.807) is 14.2 Å². The Morgan fingerprint density at radius 3 is 2.32 bits per heavy atom. The number of hydrogen-bond donors (Lipinski definition) is 0. The van der Waals surface area contributed by atoms with Gasteiger partial charge in [-0.3, -0.25) is 0 Å². The summed E-state index contributed by atoms with van der Waals surface area (Å²) in [7, 11) is 3.33. The van der Waals surface area contributed by atoms with E-state index in [0.29, 0.717) is 6.10 Å². The van der Waals surface area contributed by atoms with Crippen molar-refractivity contribution in [3.63, 3.8) is 0 Å². The van der Waals surface area contributed by atoms with Crippen molar-refractivity contribution in [3.8, 4) is 11.5 Å². The normalized spacial score (nSPS) is 22.6. The molecule has 0 radical (unpaired) electrons. The number of rotatable bonds is 9. The van der Waals surface area contributed by atoms with Gasteiger partial charge in [0.1, 0.15) is 0 Å². The highest BCUT2D eigenvalue weighted by molar-refractivity contribution is 5.42. The van der Waals surface area contributed by atoms with Gasteiger partial charge in [0.25, 0.3) is 0 Å². The number of ether oxygens (including phenoxy) is 4. The van der Waals surface area contributed by atoms with Gasteiger partial charge in [0.2, 0.25) is 0 Å². The van der Waals surface area contributed by atoms with Gasteiger partial charge in [-0.1, -0.05) is 32.3 Å². The minimum atomic E-state index is -0.489. The monoisotopic (exact) mass is 350 g/mol. The van der Waals surface area contributed by atoms with Crippen LogP contribution in [-0.2, 0) is 15.9 Å². The smallest absolute Gasteiger partial charge is 0.163 e. The Hall–Kier alpha value is -1.26. The van der Waals surface area contributed by atoms with Crippen LogP contribution in [0.2, 0.25) is 0 Å². The van der Waals surface area contributed by atoms with Gasteiger partial charge in [0, 0.05) is 6.42 Å². The number of aryl methyl sites for hydroxylation is 1. The first-order chi connectivity index (χ1) is 12.0. The molecule has 4 heteroatoms. The first-order valence-electron chi connectivity index (χ1n) is 9.54. The molecule has 1 aromatic carbocycles. The molecule has 0 amide bonds. The van der Waals surface area contributed by atoms with E-state index in [1.807, 2.05) is 19.9 Å². The minimum absolute atomic E-state index is 0.239. The Labute approximate surface area is 152 Å². The summed E-state index contributed by atoms with van der Waals surface area (Å²) in [5.74, 6) is 1.06. The summed E-state index contributed by atoms with van der Waals surface area (Å²) in [5, 5.41) is 0. The molecule has 0 spiro atoms.